The lowest BCUT2D eigenvalue weighted by Crippen LogP contribution is -2.40. The van der Waals surface area contributed by atoms with Gasteiger partial charge >= 0.3 is 0 Å². The molecule has 0 aliphatic heterocycles. The van der Waals surface area contributed by atoms with Gasteiger partial charge in [0.2, 0.25) is 5.91 Å². The molecule has 0 fully saturated rings. The Morgan fingerprint density at radius 2 is 1.85 bits per heavy atom. The third kappa shape index (κ3) is 4.88. The third-order valence-corrected chi connectivity index (χ3v) is 2.29. The van der Waals surface area contributed by atoms with Crippen molar-refractivity contribution in [1.29, 1.82) is 0 Å². The molecular formula is C10H22N2O. The van der Waals surface area contributed by atoms with Crippen molar-refractivity contribution >= 4 is 5.91 Å². The minimum Gasteiger partial charge on any atom is -0.353 e. The molecule has 1 amide bonds. The molecule has 3 nitrogen and oxygen atoms in total. The van der Waals surface area contributed by atoms with E-state index in [1.165, 1.54) is 0 Å². The predicted molar refractivity (Wildman–Crippen MR) is 55.6 cm³/mol. The van der Waals surface area contributed by atoms with E-state index in [1.807, 2.05) is 14.0 Å². The molecule has 0 heterocycles. The number of amides is 1. The largest absolute Gasteiger partial charge is 0.353 e. The first-order valence-corrected chi connectivity index (χ1v) is 5.10. The van der Waals surface area contributed by atoms with Crippen LogP contribution in [0.2, 0.25) is 0 Å². The minimum atomic E-state index is 0.0607. The van der Waals surface area contributed by atoms with E-state index in [0.717, 1.165) is 19.4 Å². The summed E-state index contributed by atoms with van der Waals surface area (Å²) in [5.41, 5.74) is 0. The fourth-order valence-corrected chi connectivity index (χ4v) is 1.24. The first kappa shape index (κ1) is 12.4. The van der Waals surface area contributed by atoms with Gasteiger partial charge in [0.1, 0.15) is 0 Å². The molecular weight excluding hydrogens is 164 g/mol. The Balaban J connectivity index is 3.83. The molecule has 0 aliphatic carbocycles. The van der Waals surface area contributed by atoms with E-state index >= 15 is 0 Å². The summed E-state index contributed by atoms with van der Waals surface area (Å²) >= 11 is 0. The zero-order valence-corrected chi connectivity index (χ0v) is 9.18. The van der Waals surface area contributed by atoms with Gasteiger partial charge in [-0.05, 0) is 19.9 Å². The molecule has 3 heteroatoms. The van der Waals surface area contributed by atoms with Gasteiger partial charge < -0.3 is 10.6 Å². The summed E-state index contributed by atoms with van der Waals surface area (Å²) in [6.07, 6.45) is 2.02. The molecule has 0 saturated heterocycles. The second-order valence-electron chi connectivity index (χ2n) is 3.48. The lowest BCUT2D eigenvalue weighted by molar-refractivity contribution is -0.125. The average molecular weight is 186 g/mol. The Kier molecular flexibility index (Phi) is 6.59. The highest BCUT2D eigenvalue weighted by molar-refractivity contribution is 5.78. The zero-order chi connectivity index (χ0) is 10.3. The first-order valence-electron chi connectivity index (χ1n) is 5.10. The van der Waals surface area contributed by atoms with E-state index in [-0.39, 0.29) is 11.8 Å². The van der Waals surface area contributed by atoms with E-state index in [1.54, 1.807) is 0 Å². The topological polar surface area (TPSA) is 41.1 Å². The van der Waals surface area contributed by atoms with Crippen LogP contribution in [-0.4, -0.2) is 25.5 Å². The Bertz CT molecular complexity index is 144. The van der Waals surface area contributed by atoms with E-state index in [4.69, 9.17) is 0 Å². The summed E-state index contributed by atoms with van der Waals surface area (Å²) in [6, 6.07) is 0.340. The zero-order valence-electron chi connectivity index (χ0n) is 9.18. The monoisotopic (exact) mass is 186 g/mol. The quantitative estimate of drug-likeness (QED) is 0.653. The number of hydrogen-bond acceptors (Lipinski definition) is 2. The van der Waals surface area contributed by atoms with Crippen LogP contribution in [0.15, 0.2) is 0 Å². The second kappa shape index (κ2) is 6.89. The number of carbonyl (C=O) groups excluding carboxylic acids is 1. The van der Waals surface area contributed by atoms with Crippen LogP contribution >= 0.6 is 0 Å². The molecule has 0 spiro atoms. The first-order chi connectivity index (χ1) is 6.15. The summed E-state index contributed by atoms with van der Waals surface area (Å²) in [6.45, 7) is 6.87. The Labute approximate surface area is 81.3 Å². The Morgan fingerprint density at radius 1 is 1.31 bits per heavy atom. The highest BCUT2D eigenvalue weighted by Crippen LogP contribution is 1.99. The summed E-state index contributed by atoms with van der Waals surface area (Å²) in [5, 5.41) is 6.02. The van der Waals surface area contributed by atoms with Gasteiger partial charge in [0.05, 0.1) is 0 Å². The lowest BCUT2D eigenvalue weighted by Gasteiger charge is -2.18. The molecule has 0 aliphatic rings. The number of nitrogens with one attached hydrogen (secondary N) is 2. The summed E-state index contributed by atoms with van der Waals surface area (Å²) in [4.78, 5) is 11.5. The molecule has 0 aromatic carbocycles. The molecule has 13 heavy (non-hydrogen) atoms. The average Bonchev–Trinajstić information content (AvgIpc) is 2.14. The van der Waals surface area contributed by atoms with Gasteiger partial charge in [0.15, 0.2) is 0 Å². The van der Waals surface area contributed by atoms with Crippen LogP contribution in [0, 0.1) is 5.92 Å². The molecule has 0 rings (SSSR count). The molecule has 0 saturated carbocycles. The van der Waals surface area contributed by atoms with Gasteiger partial charge in [0.25, 0.3) is 0 Å². The van der Waals surface area contributed by atoms with E-state index in [2.05, 4.69) is 24.5 Å². The van der Waals surface area contributed by atoms with Crippen LogP contribution in [0.4, 0.5) is 0 Å². The van der Waals surface area contributed by atoms with E-state index in [0.29, 0.717) is 6.04 Å². The van der Waals surface area contributed by atoms with Crippen LogP contribution in [0.3, 0.4) is 0 Å². The highest BCUT2D eigenvalue weighted by Gasteiger charge is 2.14. The third-order valence-electron chi connectivity index (χ3n) is 2.29. The van der Waals surface area contributed by atoms with Gasteiger partial charge in [-0.15, -0.1) is 0 Å². The maximum Gasteiger partial charge on any atom is 0.224 e. The highest BCUT2D eigenvalue weighted by atomic mass is 16.1. The predicted octanol–water partition coefficient (Wildman–Crippen LogP) is 1.15. The fraction of sp³-hybridized carbons (Fsp3) is 0.900. The molecule has 0 radical (unpaired) electrons. The molecule has 1 atom stereocenters. The minimum absolute atomic E-state index is 0.0607. The van der Waals surface area contributed by atoms with Gasteiger partial charge in [-0.25, -0.2) is 0 Å². The number of hydrogen-bond donors (Lipinski definition) is 2. The van der Waals surface area contributed by atoms with Crippen LogP contribution in [0.1, 0.15) is 33.6 Å². The summed E-state index contributed by atoms with van der Waals surface area (Å²) < 4.78 is 0. The van der Waals surface area contributed by atoms with Crippen molar-refractivity contribution < 1.29 is 4.79 Å². The van der Waals surface area contributed by atoms with Gasteiger partial charge in [0, 0.05) is 18.5 Å². The van der Waals surface area contributed by atoms with Crippen molar-refractivity contribution in [3.63, 3.8) is 0 Å². The van der Waals surface area contributed by atoms with Crippen LogP contribution in [0.25, 0.3) is 0 Å². The van der Waals surface area contributed by atoms with Crippen molar-refractivity contribution in [3.05, 3.63) is 0 Å². The van der Waals surface area contributed by atoms with Crippen LogP contribution in [-0.2, 0) is 4.79 Å². The number of rotatable bonds is 6. The van der Waals surface area contributed by atoms with Crippen LogP contribution in [0.5, 0.6) is 0 Å². The fourth-order valence-electron chi connectivity index (χ4n) is 1.24. The van der Waals surface area contributed by atoms with Crippen molar-refractivity contribution in [1.82, 2.24) is 10.6 Å². The molecule has 0 aromatic heterocycles. The van der Waals surface area contributed by atoms with Crippen molar-refractivity contribution in [2.24, 2.45) is 5.92 Å². The van der Waals surface area contributed by atoms with Crippen molar-refractivity contribution in [2.75, 3.05) is 13.6 Å². The van der Waals surface area contributed by atoms with E-state index < -0.39 is 0 Å². The standard InChI is InChI=1S/C10H22N2O/c1-5-9(6-2)12-10(13)8(3)7-11-4/h8-9,11H,5-7H2,1-4H3,(H,12,13). The van der Waals surface area contributed by atoms with Crippen LogP contribution < -0.4 is 10.6 Å². The molecule has 0 aromatic rings. The van der Waals surface area contributed by atoms with Gasteiger partial charge in [-0.1, -0.05) is 20.8 Å². The SMILES string of the molecule is CCC(CC)NC(=O)C(C)CNC. The lowest BCUT2D eigenvalue weighted by atomic mass is 10.1. The smallest absolute Gasteiger partial charge is 0.224 e. The Morgan fingerprint density at radius 3 is 2.23 bits per heavy atom. The Hall–Kier alpha value is -0.570. The van der Waals surface area contributed by atoms with E-state index in [9.17, 15) is 4.79 Å². The number of carbonyl (C=O) groups is 1. The molecule has 0 bridgehead atoms. The molecule has 2 N–H and O–H groups in total. The molecule has 1 unspecified atom stereocenters. The van der Waals surface area contributed by atoms with Crippen molar-refractivity contribution in [3.8, 4) is 0 Å². The maximum atomic E-state index is 11.5. The van der Waals surface area contributed by atoms with Gasteiger partial charge in [-0.2, -0.15) is 0 Å². The van der Waals surface area contributed by atoms with Gasteiger partial charge in [-0.3, -0.25) is 4.79 Å². The molecule has 78 valence electrons. The van der Waals surface area contributed by atoms with Crippen molar-refractivity contribution in [2.45, 2.75) is 39.7 Å². The second-order valence-corrected chi connectivity index (χ2v) is 3.48. The summed E-state index contributed by atoms with van der Waals surface area (Å²) in [5.74, 6) is 0.216. The maximum absolute atomic E-state index is 11.5. The summed E-state index contributed by atoms with van der Waals surface area (Å²) in [7, 11) is 1.86. The normalized spacial score (nSPS) is 13.0.